The summed E-state index contributed by atoms with van der Waals surface area (Å²) in [6, 6.07) is 6.57. The average Bonchev–Trinajstić information content (AvgIpc) is 2.92. The lowest BCUT2D eigenvalue weighted by atomic mass is 10.2. The van der Waals surface area contributed by atoms with Gasteiger partial charge in [-0.25, -0.2) is 8.42 Å². The minimum absolute atomic E-state index is 0.0609. The third-order valence-corrected chi connectivity index (χ3v) is 5.34. The molecule has 6 heteroatoms. The van der Waals surface area contributed by atoms with Gasteiger partial charge in [0, 0.05) is 20.3 Å². The molecule has 1 saturated heterocycles. The van der Waals surface area contributed by atoms with Crippen LogP contribution >= 0.6 is 0 Å². The van der Waals surface area contributed by atoms with E-state index in [0.29, 0.717) is 19.6 Å². The number of benzene rings is 1. The number of rotatable bonds is 5. The van der Waals surface area contributed by atoms with Crippen LogP contribution in [0.5, 0.6) is 0 Å². The van der Waals surface area contributed by atoms with E-state index in [1.165, 1.54) is 4.31 Å². The van der Waals surface area contributed by atoms with Gasteiger partial charge < -0.3 is 9.84 Å². The first-order valence-electron chi connectivity index (χ1n) is 6.31. The smallest absolute Gasteiger partial charge is 0.243 e. The molecule has 19 heavy (non-hydrogen) atoms. The lowest BCUT2D eigenvalue weighted by Crippen LogP contribution is -2.37. The summed E-state index contributed by atoms with van der Waals surface area (Å²) in [5.41, 5.74) is 0.924. The quantitative estimate of drug-likeness (QED) is 0.862. The molecule has 2 rings (SSSR count). The highest BCUT2D eigenvalue weighted by atomic mass is 32.2. The van der Waals surface area contributed by atoms with Gasteiger partial charge in [-0.1, -0.05) is 12.1 Å². The Bertz CT molecular complexity index is 506. The zero-order valence-electron chi connectivity index (χ0n) is 10.9. The van der Waals surface area contributed by atoms with E-state index in [1.807, 2.05) is 0 Å². The minimum Gasteiger partial charge on any atom is -0.396 e. The fourth-order valence-corrected chi connectivity index (χ4v) is 3.50. The van der Waals surface area contributed by atoms with Crippen molar-refractivity contribution in [2.24, 2.45) is 0 Å². The van der Waals surface area contributed by atoms with Crippen molar-refractivity contribution in [1.82, 2.24) is 4.31 Å². The van der Waals surface area contributed by atoms with Gasteiger partial charge in [-0.15, -0.1) is 0 Å². The van der Waals surface area contributed by atoms with E-state index in [-0.39, 0.29) is 17.5 Å². The first-order valence-corrected chi connectivity index (χ1v) is 7.75. The summed E-state index contributed by atoms with van der Waals surface area (Å²) in [7, 11) is -1.87. The number of nitrogens with zero attached hydrogens (tertiary/aromatic N) is 1. The van der Waals surface area contributed by atoms with Crippen LogP contribution < -0.4 is 0 Å². The largest absolute Gasteiger partial charge is 0.396 e. The standard InChI is InChI=1S/C13H19NO4S/c1-14(12-7-9-18-10-12)19(16,17)13-4-2-11(3-5-13)6-8-15/h2-5,12,15H,6-10H2,1H3. The Labute approximate surface area is 113 Å². The molecule has 0 aliphatic carbocycles. The maximum Gasteiger partial charge on any atom is 0.243 e. The maximum absolute atomic E-state index is 12.4. The Kier molecular flexibility index (Phi) is 4.57. The SMILES string of the molecule is CN(C1CCOC1)S(=O)(=O)c1ccc(CCO)cc1. The normalized spacial score (nSPS) is 20.1. The van der Waals surface area contributed by atoms with Crippen LogP contribution in [-0.2, 0) is 21.2 Å². The van der Waals surface area contributed by atoms with E-state index in [0.717, 1.165) is 12.0 Å². The second kappa shape index (κ2) is 6.00. The molecule has 1 aromatic carbocycles. The Morgan fingerprint density at radius 3 is 2.58 bits per heavy atom. The molecular formula is C13H19NO4S. The van der Waals surface area contributed by atoms with Crippen LogP contribution in [0, 0.1) is 0 Å². The molecule has 1 aliphatic rings. The second-order valence-electron chi connectivity index (χ2n) is 4.66. The Morgan fingerprint density at radius 2 is 2.05 bits per heavy atom. The van der Waals surface area contributed by atoms with E-state index in [9.17, 15) is 8.42 Å². The van der Waals surface area contributed by atoms with E-state index in [4.69, 9.17) is 9.84 Å². The van der Waals surface area contributed by atoms with Crippen molar-refractivity contribution in [3.63, 3.8) is 0 Å². The summed E-state index contributed by atoms with van der Waals surface area (Å²) < 4.78 is 31.4. The van der Waals surface area contributed by atoms with Crippen molar-refractivity contribution in [2.75, 3.05) is 26.9 Å². The van der Waals surface area contributed by atoms with Crippen molar-refractivity contribution in [2.45, 2.75) is 23.8 Å². The van der Waals surface area contributed by atoms with Crippen LogP contribution in [0.1, 0.15) is 12.0 Å². The number of ether oxygens (including phenoxy) is 1. The van der Waals surface area contributed by atoms with Gasteiger partial charge in [0.1, 0.15) is 0 Å². The highest BCUT2D eigenvalue weighted by Gasteiger charge is 2.30. The molecule has 0 spiro atoms. The third kappa shape index (κ3) is 3.14. The summed E-state index contributed by atoms with van der Waals surface area (Å²) in [5, 5.41) is 8.84. The minimum atomic E-state index is -3.46. The molecule has 5 nitrogen and oxygen atoms in total. The van der Waals surface area contributed by atoms with E-state index < -0.39 is 10.0 Å². The van der Waals surface area contributed by atoms with Crippen molar-refractivity contribution in [1.29, 1.82) is 0 Å². The maximum atomic E-state index is 12.4. The van der Waals surface area contributed by atoms with Crippen molar-refractivity contribution < 1.29 is 18.3 Å². The van der Waals surface area contributed by atoms with E-state index in [1.54, 1.807) is 31.3 Å². The number of likely N-dealkylation sites (N-methyl/N-ethyl adjacent to an activating group) is 1. The Hall–Kier alpha value is -0.950. The van der Waals surface area contributed by atoms with Crippen LogP contribution in [0.4, 0.5) is 0 Å². The van der Waals surface area contributed by atoms with Gasteiger partial charge in [0.05, 0.1) is 17.5 Å². The van der Waals surface area contributed by atoms with Gasteiger partial charge in [0.25, 0.3) is 0 Å². The summed E-state index contributed by atoms with van der Waals surface area (Å²) in [6.07, 6.45) is 1.27. The molecule has 1 unspecified atom stereocenters. The number of hydrogen-bond donors (Lipinski definition) is 1. The predicted molar refractivity (Wildman–Crippen MR) is 71.4 cm³/mol. The Balaban J connectivity index is 2.18. The van der Waals surface area contributed by atoms with Crippen LogP contribution in [0.25, 0.3) is 0 Å². The summed E-state index contributed by atoms with van der Waals surface area (Å²) in [4.78, 5) is 0.281. The molecule has 0 saturated carbocycles. The molecule has 1 heterocycles. The zero-order chi connectivity index (χ0) is 13.9. The molecule has 1 aromatic rings. The monoisotopic (exact) mass is 285 g/mol. The first kappa shape index (κ1) is 14.5. The fourth-order valence-electron chi connectivity index (χ4n) is 2.13. The molecule has 106 valence electrons. The van der Waals surface area contributed by atoms with Gasteiger partial charge >= 0.3 is 0 Å². The molecule has 0 aromatic heterocycles. The highest BCUT2D eigenvalue weighted by Crippen LogP contribution is 2.21. The summed E-state index contributed by atoms with van der Waals surface area (Å²) in [6.45, 7) is 1.13. The molecule has 1 N–H and O–H groups in total. The molecule has 0 bridgehead atoms. The second-order valence-corrected chi connectivity index (χ2v) is 6.65. The van der Waals surface area contributed by atoms with Crippen molar-refractivity contribution >= 4 is 10.0 Å². The van der Waals surface area contributed by atoms with Crippen LogP contribution in [0.3, 0.4) is 0 Å². The van der Waals surface area contributed by atoms with Crippen LogP contribution in [0.15, 0.2) is 29.2 Å². The summed E-state index contributed by atoms with van der Waals surface area (Å²) >= 11 is 0. The van der Waals surface area contributed by atoms with Gasteiger partial charge in [-0.05, 0) is 30.5 Å². The van der Waals surface area contributed by atoms with E-state index in [2.05, 4.69) is 0 Å². The van der Waals surface area contributed by atoms with Crippen LogP contribution in [-0.4, -0.2) is 50.7 Å². The van der Waals surface area contributed by atoms with Gasteiger partial charge in [0.2, 0.25) is 10.0 Å². The number of sulfonamides is 1. The predicted octanol–water partition coefficient (Wildman–Crippen LogP) is 0.631. The fraction of sp³-hybridized carbons (Fsp3) is 0.538. The Morgan fingerprint density at radius 1 is 1.37 bits per heavy atom. The van der Waals surface area contributed by atoms with Gasteiger partial charge in [0.15, 0.2) is 0 Å². The number of aliphatic hydroxyl groups is 1. The first-order chi connectivity index (χ1) is 9.05. The third-order valence-electron chi connectivity index (χ3n) is 3.42. The molecule has 1 fully saturated rings. The molecule has 0 radical (unpaired) electrons. The lowest BCUT2D eigenvalue weighted by molar-refractivity contribution is 0.181. The lowest BCUT2D eigenvalue weighted by Gasteiger charge is -2.22. The molecular weight excluding hydrogens is 266 g/mol. The topological polar surface area (TPSA) is 66.8 Å². The van der Waals surface area contributed by atoms with Crippen LogP contribution in [0.2, 0.25) is 0 Å². The summed E-state index contributed by atoms with van der Waals surface area (Å²) in [5.74, 6) is 0. The van der Waals surface area contributed by atoms with E-state index >= 15 is 0 Å². The molecule has 1 atom stereocenters. The number of hydrogen-bond acceptors (Lipinski definition) is 4. The highest BCUT2D eigenvalue weighted by molar-refractivity contribution is 7.89. The van der Waals surface area contributed by atoms with Gasteiger partial charge in [-0.2, -0.15) is 4.31 Å². The average molecular weight is 285 g/mol. The van der Waals surface area contributed by atoms with Crippen molar-refractivity contribution in [3.8, 4) is 0 Å². The zero-order valence-corrected chi connectivity index (χ0v) is 11.8. The molecule has 0 amide bonds. The van der Waals surface area contributed by atoms with Crippen molar-refractivity contribution in [3.05, 3.63) is 29.8 Å². The number of aliphatic hydroxyl groups excluding tert-OH is 1. The molecule has 1 aliphatic heterocycles. The van der Waals surface area contributed by atoms with Gasteiger partial charge in [-0.3, -0.25) is 0 Å².